The Hall–Kier alpha value is -1.44. The van der Waals surface area contributed by atoms with E-state index < -0.39 is 10.0 Å². The summed E-state index contributed by atoms with van der Waals surface area (Å²) in [5, 5.41) is 2.97. The van der Waals surface area contributed by atoms with E-state index in [2.05, 4.69) is 17.3 Å². The largest absolute Gasteiger partial charge is 0.352 e. The molecule has 1 N–H and O–H groups in total. The summed E-state index contributed by atoms with van der Waals surface area (Å²) in [6, 6.07) is 5.00. The fraction of sp³-hybridized carbons (Fsp3) is 0.667. The van der Waals surface area contributed by atoms with E-state index in [-0.39, 0.29) is 10.8 Å². The number of piperidine rings is 2. The van der Waals surface area contributed by atoms with Crippen LogP contribution in [0.5, 0.6) is 0 Å². The highest BCUT2D eigenvalue weighted by Gasteiger charge is 2.28. The Kier molecular flexibility index (Phi) is 7.12. The number of amides is 1. The molecule has 0 saturated carbocycles. The molecule has 3 rings (SSSR count). The number of carbonyl (C=O) groups excluding carboxylic acids is 1. The number of sulfonamides is 1. The molecule has 2 aliphatic rings. The molecule has 1 aromatic rings. The molecule has 2 heterocycles. The molecule has 156 valence electrons. The Morgan fingerprint density at radius 3 is 2.46 bits per heavy atom. The van der Waals surface area contributed by atoms with Gasteiger partial charge in [-0.1, -0.05) is 12.5 Å². The average molecular weight is 408 g/mol. The molecular weight excluding hydrogens is 374 g/mol. The standard InChI is InChI=1S/C21H33N3O3S/c1-17-6-7-19(16-20(17)28(26,27)24-12-4-3-5-13-24)21(25)22-11-8-18-9-14-23(2)15-10-18/h6-7,16,18H,3-5,8-15H2,1-2H3,(H,22,25). The van der Waals surface area contributed by atoms with Crippen LogP contribution in [0.25, 0.3) is 0 Å². The first-order chi connectivity index (χ1) is 13.4. The van der Waals surface area contributed by atoms with Gasteiger partial charge in [0.2, 0.25) is 10.0 Å². The van der Waals surface area contributed by atoms with Crippen molar-refractivity contribution in [3.63, 3.8) is 0 Å². The van der Waals surface area contributed by atoms with E-state index in [0.717, 1.165) is 38.8 Å². The number of nitrogens with one attached hydrogen (secondary N) is 1. The number of carbonyl (C=O) groups is 1. The molecule has 0 unspecified atom stereocenters. The number of likely N-dealkylation sites (tertiary alicyclic amines) is 1. The Labute approximate surface area is 169 Å². The van der Waals surface area contributed by atoms with Crippen molar-refractivity contribution >= 4 is 15.9 Å². The minimum atomic E-state index is -3.54. The summed E-state index contributed by atoms with van der Waals surface area (Å²) < 4.78 is 27.6. The Morgan fingerprint density at radius 2 is 1.79 bits per heavy atom. The number of aryl methyl sites for hydroxylation is 1. The van der Waals surface area contributed by atoms with Gasteiger partial charge in [0.15, 0.2) is 0 Å². The predicted octanol–water partition coefficient (Wildman–Crippen LogP) is 2.63. The first kappa shape index (κ1) is 21.3. The van der Waals surface area contributed by atoms with E-state index in [4.69, 9.17) is 0 Å². The number of benzene rings is 1. The van der Waals surface area contributed by atoms with Crippen molar-refractivity contribution in [3.8, 4) is 0 Å². The SMILES string of the molecule is Cc1ccc(C(=O)NCCC2CCN(C)CC2)cc1S(=O)(=O)N1CCCCC1. The first-order valence-electron chi connectivity index (χ1n) is 10.5. The summed E-state index contributed by atoms with van der Waals surface area (Å²) in [6.45, 7) is 5.79. The maximum atomic E-state index is 13.0. The van der Waals surface area contributed by atoms with Gasteiger partial charge in [0.25, 0.3) is 5.91 Å². The third kappa shape index (κ3) is 5.13. The molecule has 6 nitrogen and oxygen atoms in total. The normalized spacial score (nSPS) is 20.2. The van der Waals surface area contributed by atoms with Gasteiger partial charge in [0, 0.05) is 25.2 Å². The number of hydrogen-bond acceptors (Lipinski definition) is 4. The van der Waals surface area contributed by atoms with E-state index >= 15 is 0 Å². The molecule has 2 fully saturated rings. The maximum absolute atomic E-state index is 13.0. The highest BCUT2D eigenvalue weighted by atomic mass is 32.2. The van der Waals surface area contributed by atoms with Crippen LogP contribution in [0, 0.1) is 12.8 Å². The van der Waals surface area contributed by atoms with E-state index in [1.54, 1.807) is 29.4 Å². The van der Waals surface area contributed by atoms with Crippen LogP contribution >= 0.6 is 0 Å². The second-order valence-corrected chi connectivity index (χ2v) is 10.1. The molecule has 28 heavy (non-hydrogen) atoms. The zero-order chi connectivity index (χ0) is 20.1. The molecule has 1 amide bonds. The van der Waals surface area contributed by atoms with Gasteiger partial charge >= 0.3 is 0 Å². The third-order valence-corrected chi connectivity index (χ3v) is 8.10. The van der Waals surface area contributed by atoms with Crippen molar-refractivity contribution in [2.75, 3.05) is 39.8 Å². The summed E-state index contributed by atoms with van der Waals surface area (Å²) in [5.41, 5.74) is 1.11. The van der Waals surface area contributed by atoms with Gasteiger partial charge in [-0.05, 0) is 82.8 Å². The second-order valence-electron chi connectivity index (χ2n) is 8.24. The Balaban J connectivity index is 1.62. The van der Waals surface area contributed by atoms with Crippen molar-refractivity contribution in [1.82, 2.24) is 14.5 Å². The number of hydrogen-bond donors (Lipinski definition) is 1. The van der Waals surface area contributed by atoms with Crippen LogP contribution in [0.2, 0.25) is 0 Å². The maximum Gasteiger partial charge on any atom is 0.251 e. The van der Waals surface area contributed by atoms with Gasteiger partial charge in [0.05, 0.1) is 4.90 Å². The molecule has 2 aliphatic heterocycles. The van der Waals surface area contributed by atoms with Gasteiger partial charge < -0.3 is 10.2 Å². The lowest BCUT2D eigenvalue weighted by atomic mass is 9.94. The zero-order valence-corrected chi connectivity index (χ0v) is 17.9. The van der Waals surface area contributed by atoms with Crippen LogP contribution in [0.3, 0.4) is 0 Å². The van der Waals surface area contributed by atoms with Gasteiger partial charge in [-0.2, -0.15) is 4.31 Å². The second kappa shape index (κ2) is 9.37. The van der Waals surface area contributed by atoms with Crippen molar-refractivity contribution in [1.29, 1.82) is 0 Å². The van der Waals surface area contributed by atoms with Gasteiger partial charge in [-0.25, -0.2) is 8.42 Å². The van der Waals surface area contributed by atoms with Gasteiger partial charge in [-0.15, -0.1) is 0 Å². The highest BCUT2D eigenvalue weighted by Crippen LogP contribution is 2.24. The molecular formula is C21H33N3O3S. The summed E-state index contributed by atoms with van der Waals surface area (Å²) in [7, 11) is -1.40. The van der Waals surface area contributed by atoms with E-state index in [1.807, 2.05) is 0 Å². The Morgan fingerprint density at radius 1 is 1.11 bits per heavy atom. The fourth-order valence-electron chi connectivity index (χ4n) is 4.11. The lowest BCUT2D eigenvalue weighted by Crippen LogP contribution is -2.36. The van der Waals surface area contributed by atoms with Gasteiger partial charge in [0.1, 0.15) is 0 Å². The van der Waals surface area contributed by atoms with Crippen molar-refractivity contribution in [3.05, 3.63) is 29.3 Å². The summed E-state index contributed by atoms with van der Waals surface area (Å²) in [5.74, 6) is 0.465. The van der Waals surface area contributed by atoms with Crippen LogP contribution in [0.4, 0.5) is 0 Å². The van der Waals surface area contributed by atoms with Crippen LogP contribution in [-0.2, 0) is 10.0 Å². The molecule has 0 aromatic heterocycles. The number of nitrogens with zero attached hydrogens (tertiary/aromatic N) is 2. The van der Waals surface area contributed by atoms with Crippen molar-refractivity contribution < 1.29 is 13.2 Å². The van der Waals surface area contributed by atoms with Crippen LogP contribution in [-0.4, -0.2) is 63.3 Å². The highest BCUT2D eigenvalue weighted by molar-refractivity contribution is 7.89. The molecule has 0 aliphatic carbocycles. The molecule has 1 aromatic carbocycles. The van der Waals surface area contributed by atoms with Crippen LogP contribution in [0.15, 0.2) is 23.1 Å². The topological polar surface area (TPSA) is 69.7 Å². The summed E-state index contributed by atoms with van der Waals surface area (Å²) >= 11 is 0. The van der Waals surface area contributed by atoms with Crippen LogP contribution in [0.1, 0.15) is 54.4 Å². The monoisotopic (exact) mass is 407 g/mol. The lowest BCUT2D eigenvalue weighted by molar-refractivity contribution is 0.0948. The average Bonchev–Trinajstić information content (AvgIpc) is 2.70. The Bertz CT molecular complexity index is 780. The first-order valence-corrected chi connectivity index (χ1v) is 11.9. The summed E-state index contributed by atoms with van der Waals surface area (Å²) in [4.78, 5) is 15.2. The summed E-state index contributed by atoms with van der Waals surface area (Å²) in [6.07, 6.45) is 6.20. The minimum Gasteiger partial charge on any atom is -0.352 e. The number of rotatable bonds is 6. The zero-order valence-electron chi connectivity index (χ0n) is 17.1. The fourth-order valence-corrected chi connectivity index (χ4v) is 5.87. The van der Waals surface area contributed by atoms with E-state index in [1.165, 1.54) is 12.8 Å². The molecule has 0 bridgehead atoms. The minimum absolute atomic E-state index is 0.192. The lowest BCUT2D eigenvalue weighted by Gasteiger charge is -2.28. The molecule has 7 heteroatoms. The smallest absolute Gasteiger partial charge is 0.251 e. The van der Waals surface area contributed by atoms with Crippen LogP contribution < -0.4 is 5.32 Å². The van der Waals surface area contributed by atoms with E-state index in [0.29, 0.717) is 36.7 Å². The molecule has 0 spiro atoms. The molecule has 0 radical (unpaired) electrons. The molecule has 0 atom stereocenters. The van der Waals surface area contributed by atoms with Crippen molar-refractivity contribution in [2.24, 2.45) is 5.92 Å². The van der Waals surface area contributed by atoms with E-state index in [9.17, 15) is 13.2 Å². The predicted molar refractivity (Wildman–Crippen MR) is 111 cm³/mol. The van der Waals surface area contributed by atoms with Crippen molar-refractivity contribution in [2.45, 2.75) is 50.3 Å². The quantitative estimate of drug-likeness (QED) is 0.787. The third-order valence-electron chi connectivity index (χ3n) is 6.06. The molecule has 2 saturated heterocycles. The van der Waals surface area contributed by atoms with Gasteiger partial charge in [-0.3, -0.25) is 4.79 Å².